The first kappa shape index (κ1) is 19.7. The average molecular weight is 414 g/mol. The lowest BCUT2D eigenvalue weighted by atomic mass is 10.0. The molecule has 0 unspecified atom stereocenters. The van der Waals surface area contributed by atoms with Gasteiger partial charge in [-0.3, -0.25) is 9.48 Å². The molecule has 0 aliphatic carbocycles. The predicted octanol–water partition coefficient (Wildman–Crippen LogP) is 5.76. The van der Waals surface area contributed by atoms with Crippen LogP contribution in [0.5, 0.6) is 0 Å². The molecule has 5 heteroatoms. The molecule has 0 spiro atoms. The van der Waals surface area contributed by atoms with Crippen molar-refractivity contribution in [1.29, 1.82) is 0 Å². The molecule has 148 valence electrons. The number of nitrogens with zero attached hydrogens (tertiary/aromatic N) is 2. The summed E-state index contributed by atoms with van der Waals surface area (Å²) in [6.07, 6.45) is 5.36. The molecule has 4 rings (SSSR count). The van der Waals surface area contributed by atoms with Gasteiger partial charge < -0.3 is 5.32 Å². The van der Waals surface area contributed by atoms with Crippen LogP contribution in [0.4, 0.5) is 5.69 Å². The molecule has 0 radical (unpaired) electrons. The molecule has 30 heavy (non-hydrogen) atoms. The molecule has 4 aromatic rings. The van der Waals surface area contributed by atoms with Gasteiger partial charge in [-0.15, -0.1) is 0 Å². The van der Waals surface area contributed by atoms with E-state index in [4.69, 9.17) is 11.6 Å². The molecular formula is C25H20ClN3O. The Labute approximate surface area is 180 Å². The molecule has 1 amide bonds. The van der Waals surface area contributed by atoms with Crippen LogP contribution in [0.2, 0.25) is 5.02 Å². The second-order valence-electron chi connectivity index (χ2n) is 6.84. The van der Waals surface area contributed by atoms with Crippen LogP contribution in [-0.2, 0) is 11.3 Å². The number of hydrogen-bond donors (Lipinski definition) is 1. The van der Waals surface area contributed by atoms with Gasteiger partial charge in [-0.1, -0.05) is 84.4 Å². The minimum Gasteiger partial charge on any atom is -0.319 e. The van der Waals surface area contributed by atoms with Crippen molar-refractivity contribution in [2.45, 2.75) is 6.54 Å². The van der Waals surface area contributed by atoms with E-state index in [0.29, 0.717) is 22.8 Å². The van der Waals surface area contributed by atoms with Crippen LogP contribution in [-0.4, -0.2) is 15.7 Å². The predicted molar refractivity (Wildman–Crippen MR) is 122 cm³/mol. The summed E-state index contributed by atoms with van der Waals surface area (Å²) in [5.74, 6) is -0.184. The van der Waals surface area contributed by atoms with Crippen molar-refractivity contribution in [2.24, 2.45) is 0 Å². The highest BCUT2D eigenvalue weighted by molar-refractivity contribution is 6.30. The Balaban J connectivity index is 1.54. The van der Waals surface area contributed by atoms with Gasteiger partial charge in [-0.25, -0.2) is 0 Å². The van der Waals surface area contributed by atoms with Gasteiger partial charge in [0.1, 0.15) is 0 Å². The molecule has 1 aromatic heterocycles. The van der Waals surface area contributed by atoms with Crippen LogP contribution in [0.3, 0.4) is 0 Å². The Kier molecular flexibility index (Phi) is 6.06. The fourth-order valence-corrected chi connectivity index (χ4v) is 3.23. The summed E-state index contributed by atoms with van der Waals surface area (Å²) in [6.45, 7) is 0.596. The average Bonchev–Trinajstić information content (AvgIpc) is 3.21. The van der Waals surface area contributed by atoms with Crippen molar-refractivity contribution in [3.8, 4) is 0 Å². The maximum absolute atomic E-state index is 13.1. The fourth-order valence-electron chi connectivity index (χ4n) is 3.10. The van der Waals surface area contributed by atoms with Gasteiger partial charge in [0, 0.05) is 16.8 Å². The third kappa shape index (κ3) is 5.04. The third-order valence-electron chi connectivity index (χ3n) is 4.59. The highest BCUT2D eigenvalue weighted by Gasteiger charge is 2.13. The van der Waals surface area contributed by atoms with Crippen molar-refractivity contribution in [3.63, 3.8) is 0 Å². The number of benzene rings is 3. The molecule has 3 aromatic carbocycles. The van der Waals surface area contributed by atoms with Gasteiger partial charge in [0.15, 0.2) is 0 Å². The summed E-state index contributed by atoms with van der Waals surface area (Å²) < 4.78 is 1.78. The number of halogens is 1. The molecule has 0 aliphatic rings. The van der Waals surface area contributed by atoms with Crippen LogP contribution >= 0.6 is 11.6 Å². The normalized spacial score (nSPS) is 11.3. The number of carbonyl (C=O) groups excluding carboxylic acids is 1. The molecule has 0 fully saturated rings. The van der Waals surface area contributed by atoms with Crippen molar-refractivity contribution < 1.29 is 4.79 Å². The second-order valence-corrected chi connectivity index (χ2v) is 7.28. The zero-order valence-electron chi connectivity index (χ0n) is 16.2. The van der Waals surface area contributed by atoms with Crippen molar-refractivity contribution in [3.05, 3.63) is 119 Å². The molecule has 0 aliphatic heterocycles. The first-order valence-electron chi connectivity index (χ1n) is 9.58. The van der Waals surface area contributed by atoms with E-state index < -0.39 is 0 Å². The van der Waals surface area contributed by atoms with Crippen LogP contribution in [0, 0.1) is 0 Å². The summed E-state index contributed by atoms with van der Waals surface area (Å²) in [4.78, 5) is 13.1. The summed E-state index contributed by atoms with van der Waals surface area (Å²) in [5.41, 5.74) is 4.13. The molecule has 0 bridgehead atoms. The number of hydrogen-bond acceptors (Lipinski definition) is 2. The Morgan fingerprint density at radius 1 is 0.933 bits per heavy atom. The van der Waals surface area contributed by atoms with Gasteiger partial charge in [0.25, 0.3) is 5.91 Å². The lowest BCUT2D eigenvalue weighted by Gasteiger charge is -2.08. The largest absolute Gasteiger partial charge is 0.319 e. The Bertz CT molecular complexity index is 1150. The number of rotatable bonds is 6. The lowest BCUT2D eigenvalue weighted by Crippen LogP contribution is -2.13. The van der Waals surface area contributed by atoms with E-state index in [1.54, 1.807) is 10.9 Å². The topological polar surface area (TPSA) is 46.9 Å². The number of amides is 1. The third-order valence-corrected chi connectivity index (χ3v) is 4.84. The van der Waals surface area contributed by atoms with E-state index in [1.165, 1.54) is 0 Å². The molecule has 0 saturated carbocycles. The van der Waals surface area contributed by atoms with E-state index in [2.05, 4.69) is 10.4 Å². The molecule has 1 N–H and O–H groups in total. The van der Waals surface area contributed by atoms with Gasteiger partial charge in [0.05, 0.1) is 18.4 Å². The minimum atomic E-state index is -0.184. The number of anilines is 1. The monoisotopic (exact) mass is 413 g/mol. The first-order valence-corrected chi connectivity index (χ1v) is 9.95. The minimum absolute atomic E-state index is 0.184. The van der Waals surface area contributed by atoms with Gasteiger partial charge in [-0.2, -0.15) is 5.10 Å². The number of nitrogens with one attached hydrogen (secondary N) is 1. The number of aromatic nitrogens is 2. The quantitative estimate of drug-likeness (QED) is 0.322. The first-order chi connectivity index (χ1) is 14.7. The van der Waals surface area contributed by atoms with E-state index >= 15 is 0 Å². The second kappa shape index (κ2) is 9.25. The maximum atomic E-state index is 13.1. The summed E-state index contributed by atoms with van der Waals surface area (Å²) in [5, 5.41) is 8.02. The summed E-state index contributed by atoms with van der Waals surface area (Å²) in [6, 6.07) is 27.1. The molecule has 1 heterocycles. The van der Waals surface area contributed by atoms with Gasteiger partial charge in [-0.05, 0) is 34.9 Å². The molecule has 0 atom stereocenters. The van der Waals surface area contributed by atoms with E-state index in [0.717, 1.165) is 16.7 Å². The van der Waals surface area contributed by atoms with Gasteiger partial charge >= 0.3 is 0 Å². The van der Waals surface area contributed by atoms with Crippen molar-refractivity contribution >= 4 is 34.8 Å². The van der Waals surface area contributed by atoms with Crippen LogP contribution in [0.15, 0.2) is 97.3 Å². The van der Waals surface area contributed by atoms with Crippen LogP contribution in [0.1, 0.15) is 16.7 Å². The van der Waals surface area contributed by atoms with Crippen LogP contribution < -0.4 is 5.32 Å². The molecule has 0 saturated heterocycles. The Morgan fingerprint density at radius 3 is 2.30 bits per heavy atom. The Hall–Kier alpha value is -3.63. The fraction of sp³-hybridized carbons (Fsp3) is 0.0400. The zero-order chi connectivity index (χ0) is 20.8. The molecular weight excluding hydrogens is 394 g/mol. The Morgan fingerprint density at radius 2 is 1.60 bits per heavy atom. The van der Waals surface area contributed by atoms with E-state index in [9.17, 15) is 4.79 Å². The van der Waals surface area contributed by atoms with E-state index in [-0.39, 0.29) is 5.91 Å². The number of carbonyl (C=O) groups is 1. The highest BCUT2D eigenvalue weighted by atomic mass is 35.5. The molecule has 4 nitrogen and oxygen atoms in total. The highest BCUT2D eigenvalue weighted by Crippen LogP contribution is 2.21. The van der Waals surface area contributed by atoms with Crippen molar-refractivity contribution in [2.75, 3.05) is 5.32 Å². The smallest absolute Gasteiger partial charge is 0.256 e. The SMILES string of the molecule is O=C(Nc1cnn(Cc2ccc(Cl)cc2)c1)/C(=C\c1ccccc1)c1ccccc1. The van der Waals surface area contributed by atoms with E-state index in [1.807, 2.05) is 97.2 Å². The summed E-state index contributed by atoms with van der Waals surface area (Å²) >= 11 is 5.94. The van der Waals surface area contributed by atoms with Crippen molar-refractivity contribution in [1.82, 2.24) is 9.78 Å². The summed E-state index contributed by atoms with van der Waals surface area (Å²) in [7, 11) is 0. The van der Waals surface area contributed by atoms with Gasteiger partial charge in [0.2, 0.25) is 0 Å². The standard InChI is InChI=1S/C25H20ClN3O/c26-22-13-11-20(12-14-22)17-29-18-23(16-27-29)28-25(30)24(21-9-5-2-6-10-21)15-19-7-3-1-4-8-19/h1-16,18H,17H2,(H,28,30)/b24-15-. The zero-order valence-corrected chi connectivity index (χ0v) is 17.0. The van der Waals surface area contributed by atoms with Crippen LogP contribution in [0.25, 0.3) is 11.6 Å². The lowest BCUT2D eigenvalue weighted by molar-refractivity contribution is -0.111. The maximum Gasteiger partial charge on any atom is 0.256 e.